The molecule has 1 N–H and O–H groups in total. The van der Waals surface area contributed by atoms with Crippen LogP contribution in [0.4, 0.5) is 23.7 Å². The summed E-state index contributed by atoms with van der Waals surface area (Å²) in [4.78, 5) is 28.5. The lowest BCUT2D eigenvalue weighted by Crippen LogP contribution is -2.50. The van der Waals surface area contributed by atoms with Crippen LogP contribution in [0.5, 0.6) is 0 Å². The van der Waals surface area contributed by atoms with E-state index in [9.17, 15) is 22.8 Å². The van der Waals surface area contributed by atoms with Gasteiger partial charge in [-0.25, -0.2) is 4.79 Å². The Labute approximate surface area is 180 Å². The Kier molecular flexibility index (Phi) is 6.71. The molecule has 0 spiro atoms. The van der Waals surface area contributed by atoms with Crippen LogP contribution in [0.3, 0.4) is 0 Å². The van der Waals surface area contributed by atoms with E-state index in [-0.39, 0.29) is 17.9 Å². The van der Waals surface area contributed by atoms with E-state index in [1.54, 1.807) is 31.7 Å². The number of alkyl carbamates (subject to hydrolysis) is 1. The van der Waals surface area contributed by atoms with Gasteiger partial charge < -0.3 is 19.9 Å². The maximum atomic E-state index is 13.0. The van der Waals surface area contributed by atoms with E-state index in [1.807, 2.05) is 4.90 Å². The van der Waals surface area contributed by atoms with E-state index in [2.05, 4.69) is 5.32 Å². The number of anilines is 1. The number of halogens is 3. The van der Waals surface area contributed by atoms with Crippen molar-refractivity contribution in [3.05, 3.63) is 29.8 Å². The van der Waals surface area contributed by atoms with Gasteiger partial charge in [0.05, 0.1) is 5.56 Å². The van der Waals surface area contributed by atoms with E-state index in [0.29, 0.717) is 44.7 Å². The fraction of sp³-hybridized carbons (Fsp3) is 0.636. The van der Waals surface area contributed by atoms with Crippen molar-refractivity contribution in [2.45, 2.75) is 57.9 Å². The number of hydrogen-bond donors (Lipinski definition) is 1. The van der Waals surface area contributed by atoms with Crippen molar-refractivity contribution in [1.29, 1.82) is 0 Å². The van der Waals surface area contributed by atoms with E-state index >= 15 is 0 Å². The highest BCUT2D eigenvalue weighted by atomic mass is 19.4. The molecule has 2 amide bonds. The topological polar surface area (TPSA) is 61.9 Å². The summed E-state index contributed by atoms with van der Waals surface area (Å²) in [5.74, 6) is -0.0998. The summed E-state index contributed by atoms with van der Waals surface area (Å²) in [6.45, 7) is 7.30. The summed E-state index contributed by atoms with van der Waals surface area (Å²) < 4.78 is 44.2. The number of carbonyl (C=O) groups is 2. The molecule has 9 heteroatoms. The number of piperazine rings is 1. The van der Waals surface area contributed by atoms with Crippen molar-refractivity contribution in [3.8, 4) is 0 Å². The van der Waals surface area contributed by atoms with Crippen LogP contribution < -0.4 is 10.2 Å². The predicted octanol–water partition coefficient (Wildman–Crippen LogP) is 4.05. The summed E-state index contributed by atoms with van der Waals surface area (Å²) in [6.07, 6.45) is -2.85. The smallest absolute Gasteiger partial charge is 0.416 e. The van der Waals surface area contributed by atoms with Gasteiger partial charge in [0.2, 0.25) is 5.91 Å². The second-order valence-corrected chi connectivity index (χ2v) is 9.21. The van der Waals surface area contributed by atoms with E-state index in [1.165, 1.54) is 6.07 Å². The number of carbonyl (C=O) groups excluding carboxylic acids is 2. The maximum absolute atomic E-state index is 13.0. The Morgan fingerprint density at radius 1 is 1.06 bits per heavy atom. The fourth-order valence-corrected chi connectivity index (χ4v) is 4.13. The van der Waals surface area contributed by atoms with Crippen LogP contribution >= 0.6 is 0 Å². The Balaban J connectivity index is 1.49. The standard InChI is InChI=1S/C22H30F3N3O3/c1-21(2,3)31-20(30)26-17-8-7-15(13-17)19(29)28-11-9-27(10-12-28)18-6-4-5-16(14-18)22(23,24)25/h4-6,14-15,17H,7-13H2,1-3H3,(H,26,30)/t15-,17?/m0/s1. The van der Waals surface area contributed by atoms with Gasteiger partial charge in [-0.1, -0.05) is 6.07 Å². The number of alkyl halides is 3. The van der Waals surface area contributed by atoms with E-state index in [4.69, 9.17) is 4.74 Å². The lowest BCUT2D eigenvalue weighted by Gasteiger charge is -2.37. The highest BCUT2D eigenvalue weighted by Crippen LogP contribution is 2.32. The Hall–Kier alpha value is -2.45. The van der Waals surface area contributed by atoms with Gasteiger partial charge in [0, 0.05) is 43.8 Å². The molecule has 1 aromatic rings. The van der Waals surface area contributed by atoms with Crippen LogP contribution in [-0.2, 0) is 15.7 Å². The molecule has 3 rings (SSSR count). The molecule has 0 bridgehead atoms. The first-order chi connectivity index (χ1) is 14.4. The predicted molar refractivity (Wildman–Crippen MR) is 111 cm³/mol. The van der Waals surface area contributed by atoms with Crippen molar-refractivity contribution in [2.75, 3.05) is 31.1 Å². The van der Waals surface area contributed by atoms with Crippen molar-refractivity contribution in [3.63, 3.8) is 0 Å². The lowest BCUT2D eigenvalue weighted by atomic mass is 10.1. The molecule has 1 saturated heterocycles. The van der Waals surface area contributed by atoms with Crippen molar-refractivity contribution < 1.29 is 27.5 Å². The quantitative estimate of drug-likeness (QED) is 0.769. The molecule has 1 saturated carbocycles. The normalized spacial score (nSPS) is 22.4. The zero-order chi connectivity index (χ0) is 22.8. The molecule has 6 nitrogen and oxygen atoms in total. The van der Waals surface area contributed by atoms with Gasteiger partial charge in [0.1, 0.15) is 5.60 Å². The van der Waals surface area contributed by atoms with Crippen LogP contribution in [0.15, 0.2) is 24.3 Å². The number of benzene rings is 1. The number of hydrogen-bond acceptors (Lipinski definition) is 4. The van der Waals surface area contributed by atoms with Gasteiger partial charge in [-0.05, 0) is 58.2 Å². The molecule has 1 aliphatic heterocycles. The number of rotatable bonds is 3. The first-order valence-electron chi connectivity index (χ1n) is 10.6. The molecule has 1 heterocycles. The minimum absolute atomic E-state index is 0.0529. The third-order valence-corrected chi connectivity index (χ3v) is 5.63. The van der Waals surface area contributed by atoms with E-state index in [0.717, 1.165) is 18.6 Å². The van der Waals surface area contributed by atoms with Crippen LogP contribution in [0.2, 0.25) is 0 Å². The molecule has 1 aliphatic carbocycles. The Morgan fingerprint density at radius 3 is 2.35 bits per heavy atom. The average Bonchev–Trinajstić information content (AvgIpc) is 3.14. The summed E-state index contributed by atoms with van der Waals surface area (Å²) in [6, 6.07) is 5.20. The molecular weight excluding hydrogens is 411 g/mol. The molecule has 31 heavy (non-hydrogen) atoms. The zero-order valence-electron chi connectivity index (χ0n) is 18.2. The van der Waals surface area contributed by atoms with Gasteiger partial charge in [0.25, 0.3) is 0 Å². The fourth-order valence-electron chi connectivity index (χ4n) is 4.13. The molecular formula is C22H30F3N3O3. The molecule has 172 valence electrons. The minimum Gasteiger partial charge on any atom is -0.444 e. The summed E-state index contributed by atoms with van der Waals surface area (Å²) in [5, 5.41) is 2.84. The summed E-state index contributed by atoms with van der Waals surface area (Å²) in [5.41, 5.74) is -0.723. The molecule has 1 unspecified atom stereocenters. The first-order valence-corrected chi connectivity index (χ1v) is 10.6. The Bertz CT molecular complexity index is 799. The third-order valence-electron chi connectivity index (χ3n) is 5.63. The van der Waals surface area contributed by atoms with Gasteiger partial charge >= 0.3 is 12.3 Å². The SMILES string of the molecule is CC(C)(C)OC(=O)NC1CC[C@H](C(=O)N2CCN(c3cccc(C(F)(F)F)c3)CC2)C1. The molecule has 2 fully saturated rings. The van der Waals surface area contributed by atoms with Gasteiger partial charge in [0.15, 0.2) is 0 Å². The Morgan fingerprint density at radius 2 is 1.74 bits per heavy atom. The van der Waals surface area contributed by atoms with Crippen molar-refractivity contribution >= 4 is 17.7 Å². The minimum atomic E-state index is -4.37. The van der Waals surface area contributed by atoms with Crippen LogP contribution in [0, 0.1) is 5.92 Å². The van der Waals surface area contributed by atoms with Crippen LogP contribution in [0.1, 0.15) is 45.6 Å². The third kappa shape index (κ3) is 6.27. The second-order valence-electron chi connectivity index (χ2n) is 9.21. The molecule has 2 aliphatic rings. The van der Waals surface area contributed by atoms with Gasteiger partial charge in [-0.15, -0.1) is 0 Å². The number of ether oxygens (including phenoxy) is 1. The average molecular weight is 441 g/mol. The monoisotopic (exact) mass is 441 g/mol. The lowest BCUT2D eigenvalue weighted by molar-refractivity contribution is -0.137. The van der Waals surface area contributed by atoms with Crippen molar-refractivity contribution in [1.82, 2.24) is 10.2 Å². The zero-order valence-corrected chi connectivity index (χ0v) is 18.2. The van der Waals surface area contributed by atoms with Crippen LogP contribution in [0.25, 0.3) is 0 Å². The summed E-state index contributed by atoms with van der Waals surface area (Å²) in [7, 11) is 0. The highest BCUT2D eigenvalue weighted by Gasteiger charge is 2.35. The second kappa shape index (κ2) is 8.96. The largest absolute Gasteiger partial charge is 0.444 e. The van der Waals surface area contributed by atoms with Gasteiger partial charge in [-0.3, -0.25) is 4.79 Å². The maximum Gasteiger partial charge on any atom is 0.416 e. The highest BCUT2D eigenvalue weighted by molar-refractivity contribution is 5.80. The first kappa shape index (κ1) is 23.2. The summed E-state index contributed by atoms with van der Waals surface area (Å²) >= 11 is 0. The van der Waals surface area contributed by atoms with E-state index < -0.39 is 23.4 Å². The van der Waals surface area contributed by atoms with Crippen molar-refractivity contribution in [2.24, 2.45) is 5.92 Å². The number of amides is 2. The molecule has 1 aromatic carbocycles. The van der Waals surface area contributed by atoms with Gasteiger partial charge in [-0.2, -0.15) is 13.2 Å². The number of nitrogens with zero attached hydrogens (tertiary/aromatic N) is 2. The van der Waals surface area contributed by atoms with Crippen LogP contribution in [-0.4, -0.2) is 54.7 Å². The number of nitrogens with one attached hydrogen (secondary N) is 1. The molecule has 0 aromatic heterocycles. The molecule has 0 radical (unpaired) electrons. The molecule has 2 atom stereocenters.